The summed E-state index contributed by atoms with van der Waals surface area (Å²) in [7, 11) is 0. The van der Waals surface area contributed by atoms with E-state index in [1.54, 1.807) is 0 Å². The van der Waals surface area contributed by atoms with Crippen LogP contribution in [0.3, 0.4) is 0 Å². The van der Waals surface area contributed by atoms with Gasteiger partial charge in [0.05, 0.1) is 11.4 Å². The van der Waals surface area contributed by atoms with Crippen molar-refractivity contribution in [2.24, 2.45) is 5.92 Å². The van der Waals surface area contributed by atoms with Gasteiger partial charge in [0.2, 0.25) is 0 Å². The highest BCUT2D eigenvalue weighted by Crippen LogP contribution is 2.41. The number of anilines is 2. The molecule has 0 saturated heterocycles. The summed E-state index contributed by atoms with van der Waals surface area (Å²) in [5.74, 6) is 0.808. The molecule has 1 aliphatic carbocycles. The van der Waals surface area contributed by atoms with Gasteiger partial charge in [0.25, 0.3) is 0 Å². The molecule has 2 rings (SSSR count). The molecule has 1 aromatic carbocycles. The van der Waals surface area contributed by atoms with E-state index in [1.165, 1.54) is 12.8 Å². The highest BCUT2D eigenvalue weighted by molar-refractivity contribution is 5.66. The molecule has 0 amide bonds. The van der Waals surface area contributed by atoms with Gasteiger partial charge in [-0.15, -0.1) is 0 Å². The van der Waals surface area contributed by atoms with Gasteiger partial charge in [-0.25, -0.2) is 0 Å². The van der Waals surface area contributed by atoms with Crippen LogP contribution in [0.4, 0.5) is 11.4 Å². The molecule has 2 nitrogen and oxygen atoms in total. The van der Waals surface area contributed by atoms with Crippen LogP contribution in [0.1, 0.15) is 26.7 Å². The Morgan fingerprint density at radius 3 is 2.50 bits per heavy atom. The molecule has 0 radical (unpaired) electrons. The van der Waals surface area contributed by atoms with Crippen LogP contribution >= 0.6 is 0 Å². The number of nitrogens with one attached hydrogen (secondary N) is 1. The summed E-state index contributed by atoms with van der Waals surface area (Å²) < 4.78 is 0. The van der Waals surface area contributed by atoms with Gasteiger partial charge < -0.3 is 11.1 Å². The van der Waals surface area contributed by atoms with Crippen LogP contribution in [-0.2, 0) is 0 Å². The zero-order chi connectivity index (χ0) is 10.2. The minimum atomic E-state index is 0.176. The first-order valence-corrected chi connectivity index (χ1v) is 5.22. The lowest BCUT2D eigenvalue weighted by Gasteiger charge is -2.28. The second kappa shape index (κ2) is 3.19. The molecule has 2 heteroatoms. The van der Waals surface area contributed by atoms with E-state index in [-0.39, 0.29) is 5.54 Å². The third kappa shape index (κ3) is 1.84. The smallest absolute Gasteiger partial charge is 0.0578 e. The van der Waals surface area contributed by atoms with Crippen molar-refractivity contribution in [3.05, 3.63) is 24.3 Å². The van der Waals surface area contributed by atoms with E-state index in [9.17, 15) is 0 Å². The maximum atomic E-state index is 5.89. The first kappa shape index (κ1) is 9.38. The Balaban J connectivity index is 2.13. The van der Waals surface area contributed by atoms with Gasteiger partial charge in [0, 0.05) is 5.54 Å². The highest BCUT2D eigenvalue weighted by atomic mass is 15.0. The van der Waals surface area contributed by atoms with Gasteiger partial charge in [-0.05, 0) is 44.7 Å². The molecule has 76 valence electrons. The lowest BCUT2D eigenvalue weighted by atomic mass is 9.98. The Kier molecular flexibility index (Phi) is 2.14. The molecule has 0 aliphatic heterocycles. The minimum Gasteiger partial charge on any atom is -0.397 e. The molecule has 1 fully saturated rings. The Bertz CT molecular complexity index is 327. The molecule has 0 atom stereocenters. The lowest BCUT2D eigenvalue weighted by Crippen LogP contribution is -2.33. The molecule has 0 spiro atoms. The third-order valence-electron chi connectivity index (χ3n) is 3.02. The summed E-state index contributed by atoms with van der Waals surface area (Å²) >= 11 is 0. The SMILES string of the molecule is CC(C)(Nc1ccccc1N)C1CC1. The average molecular weight is 190 g/mol. The summed E-state index contributed by atoms with van der Waals surface area (Å²) in [4.78, 5) is 0. The molecule has 1 saturated carbocycles. The van der Waals surface area contributed by atoms with E-state index < -0.39 is 0 Å². The average Bonchev–Trinajstić information content (AvgIpc) is 2.91. The minimum absolute atomic E-state index is 0.176. The van der Waals surface area contributed by atoms with E-state index in [4.69, 9.17) is 5.73 Å². The zero-order valence-corrected chi connectivity index (χ0v) is 8.88. The molecular formula is C12H18N2. The number of rotatable bonds is 3. The molecule has 0 heterocycles. The molecule has 14 heavy (non-hydrogen) atoms. The van der Waals surface area contributed by atoms with E-state index in [1.807, 2.05) is 24.3 Å². The first-order chi connectivity index (χ1) is 6.59. The predicted molar refractivity (Wildman–Crippen MR) is 61.3 cm³/mol. The van der Waals surface area contributed by atoms with Crippen LogP contribution in [0.2, 0.25) is 0 Å². The third-order valence-corrected chi connectivity index (χ3v) is 3.02. The summed E-state index contributed by atoms with van der Waals surface area (Å²) in [6, 6.07) is 7.96. The summed E-state index contributed by atoms with van der Waals surface area (Å²) in [5.41, 5.74) is 7.96. The van der Waals surface area contributed by atoms with Crippen molar-refractivity contribution in [2.45, 2.75) is 32.2 Å². The van der Waals surface area contributed by atoms with Gasteiger partial charge in [-0.3, -0.25) is 0 Å². The largest absolute Gasteiger partial charge is 0.397 e. The highest BCUT2D eigenvalue weighted by Gasteiger charge is 2.37. The molecule has 1 aliphatic rings. The molecular weight excluding hydrogens is 172 g/mol. The van der Waals surface area contributed by atoms with Gasteiger partial charge in [-0.1, -0.05) is 12.1 Å². The number of hydrogen-bond donors (Lipinski definition) is 2. The molecule has 1 aromatic rings. The molecule has 3 N–H and O–H groups in total. The maximum Gasteiger partial charge on any atom is 0.0578 e. The Labute approximate surface area is 85.5 Å². The van der Waals surface area contributed by atoms with Crippen molar-refractivity contribution < 1.29 is 0 Å². The monoisotopic (exact) mass is 190 g/mol. The van der Waals surface area contributed by atoms with Crippen molar-refractivity contribution in [3.8, 4) is 0 Å². The van der Waals surface area contributed by atoms with Crippen molar-refractivity contribution >= 4 is 11.4 Å². The standard InChI is InChI=1S/C12H18N2/c1-12(2,9-7-8-9)14-11-6-4-3-5-10(11)13/h3-6,9,14H,7-8,13H2,1-2H3. The second-order valence-corrected chi connectivity index (χ2v) is 4.71. The van der Waals surface area contributed by atoms with E-state index in [0.29, 0.717) is 0 Å². The van der Waals surface area contributed by atoms with Crippen molar-refractivity contribution in [3.63, 3.8) is 0 Å². The van der Waals surface area contributed by atoms with Crippen molar-refractivity contribution in [1.29, 1.82) is 0 Å². The van der Waals surface area contributed by atoms with E-state index in [2.05, 4.69) is 19.2 Å². The first-order valence-electron chi connectivity index (χ1n) is 5.22. The number of nitrogens with two attached hydrogens (primary N) is 1. The fraction of sp³-hybridized carbons (Fsp3) is 0.500. The van der Waals surface area contributed by atoms with Gasteiger partial charge in [0.15, 0.2) is 0 Å². The zero-order valence-electron chi connectivity index (χ0n) is 8.88. The quantitative estimate of drug-likeness (QED) is 0.719. The van der Waals surface area contributed by atoms with E-state index >= 15 is 0 Å². The van der Waals surface area contributed by atoms with Gasteiger partial charge >= 0.3 is 0 Å². The van der Waals surface area contributed by atoms with Crippen LogP contribution in [-0.4, -0.2) is 5.54 Å². The molecule has 0 bridgehead atoms. The fourth-order valence-corrected chi connectivity index (χ4v) is 1.87. The number of hydrogen-bond acceptors (Lipinski definition) is 2. The maximum absolute atomic E-state index is 5.89. The summed E-state index contributed by atoms with van der Waals surface area (Å²) in [6.07, 6.45) is 2.68. The van der Waals surface area contributed by atoms with Gasteiger partial charge in [-0.2, -0.15) is 0 Å². The van der Waals surface area contributed by atoms with Gasteiger partial charge in [0.1, 0.15) is 0 Å². The summed E-state index contributed by atoms with van der Waals surface area (Å²) in [6.45, 7) is 4.49. The van der Waals surface area contributed by atoms with Crippen LogP contribution in [0.15, 0.2) is 24.3 Å². The molecule has 0 unspecified atom stereocenters. The topological polar surface area (TPSA) is 38.0 Å². The molecule has 0 aromatic heterocycles. The van der Waals surface area contributed by atoms with Crippen LogP contribution < -0.4 is 11.1 Å². The van der Waals surface area contributed by atoms with Crippen LogP contribution in [0, 0.1) is 5.92 Å². The second-order valence-electron chi connectivity index (χ2n) is 4.71. The van der Waals surface area contributed by atoms with Crippen molar-refractivity contribution in [2.75, 3.05) is 11.1 Å². The Morgan fingerprint density at radius 2 is 1.93 bits per heavy atom. The van der Waals surface area contributed by atoms with Crippen molar-refractivity contribution in [1.82, 2.24) is 0 Å². The summed E-state index contributed by atoms with van der Waals surface area (Å²) in [5, 5.41) is 3.52. The Hall–Kier alpha value is -1.18. The lowest BCUT2D eigenvalue weighted by molar-refractivity contribution is 0.495. The normalized spacial score (nSPS) is 16.7. The number of benzene rings is 1. The fourth-order valence-electron chi connectivity index (χ4n) is 1.87. The number of para-hydroxylation sites is 2. The Morgan fingerprint density at radius 1 is 1.29 bits per heavy atom. The van der Waals surface area contributed by atoms with E-state index in [0.717, 1.165) is 17.3 Å². The van der Waals surface area contributed by atoms with Crippen LogP contribution in [0.25, 0.3) is 0 Å². The van der Waals surface area contributed by atoms with Crippen LogP contribution in [0.5, 0.6) is 0 Å². The number of nitrogen functional groups attached to an aromatic ring is 1. The predicted octanol–water partition coefficient (Wildman–Crippen LogP) is 2.87.